The number of fused-ring (bicyclic) bond motifs is 1. The van der Waals surface area contributed by atoms with Crippen LogP contribution in [0.15, 0.2) is 24.7 Å². The number of H-pyrrole nitrogens is 2. The van der Waals surface area contributed by atoms with Crippen LogP contribution in [-0.4, -0.2) is 27.4 Å². The molecular formula is C17H20N4O. The lowest BCUT2D eigenvalue weighted by molar-refractivity contribution is 0.0949. The Morgan fingerprint density at radius 3 is 2.82 bits per heavy atom. The van der Waals surface area contributed by atoms with Gasteiger partial charge in [-0.25, -0.2) is 4.98 Å². The second-order valence-corrected chi connectivity index (χ2v) is 5.71. The van der Waals surface area contributed by atoms with Crippen LogP contribution >= 0.6 is 0 Å². The minimum absolute atomic E-state index is 0.0646. The third kappa shape index (κ3) is 2.62. The van der Waals surface area contributed by atoms with E-state index in [0.29, 0.717) is 12.2 Å². The minimum atomic E-state index is -0.0646. The monoisotopic (exact) mass is 296 g/mol. The normalized spacial score (nSPS) is 11.0. The summed E-state index contributed by atoms with van der Waals surface area (Å²) < 4.78 is 0. The fraction of sp³-hybridized carbons (Fsp3) is 0.294. The lowest BCUT2D eigenvalue weighted by Crippen LogP contribution is -2.26. The Kier molecular flexibility index (Phi) is 3.71. The van der Waals surface area contributed by atoms with Gasteiger partial charge in [0.25, 0.3) is 5.91 Å². The van der Waals surface area contributed by atoms with E-state index in [4.69, 9.17) is 0 Å². The summed E-state index contributed by atoms with van der Waals surface area (Å²) in [5.41, 5.74) is 6.07. The highest BCUT2D eigenvalue weighted by Gasteiger charge is 2.15. The molecular weight excluding hydrogens is 276 g/mol. The van der Waals surface area contributed by atoms with Crippen molar-refractivity contribution >= 4 is 16.8 Å². The maximum absolute atomic E-state index is 12.4. The molecule has 0 saturated carbocycles. The predicted molar refractivity (Wildman–Crippen MR) is 87.1 cm³/mol. The topological polar surface area (TPSA) is 73.6 Å². The van der Waals surface area contributed by atoms with Crippen LogP contribution in [0.25, 0.3) is 10.9 Å². The zero-order valence-corrected chi connectivity index (χ0v) is 13.1. The predicted octanol–water partition coefficient (Wildman–Crippen LogP) is 2.79. The van der Waals surface area contributed by atoms with Gasteiger partial charge in [0.2, 0.25) is 0 Å². The van der Waals surface area contributed by atoms with Crippen molar-refractivity contribution in [2.75, 3.05) is 6.54 Å². The van der Waals surface area contributed by atoms with E-state index in [2.05, 4.69) is 46.2 Å². The molecule has 2 heterocycles. The van der Waals surface area contributed by atoms with Gasteiger partial charge in [-0.15, -0.1) is 0 Å². The summed E-state index contributed by atoms with van der Waals surface area (Å²) in [7, 11) is 0. The highest BCUT2D eigenvalue weighted by molar-refractivity contribution is 6.01. The Bertz CT molecular complexity index is 815. The first-order valence-electron chi connectivity index (χ1n) is 7.41. The summed E-state index contributed by atoms with van der Waals surface area (Å²) in [5.74, 6) is -0.0646. The van der Waals surface area contributed by atoms with Gasteiger partial charge in [-0.1, -0.05) is 11.6 Å². The van der Waals surface area contributed by atoms with Crippen molar-refractivity contribution in [2.45, 2.75) is 27.2 Å². The Hall–Kier alpha value is -2.56. The average molecular weight is 296 g/mol. The fourth-order valence-electron chi connectivity index (χ4n) is 2.83. The number of hydrogen-bond donors (Lipinski definition) is 3. The molecule has 3 N–H and O–H groups in total. The summed E-state index contributed by atoms with van der Waals surface area (Å²) in [6.07, 6.45) is 4.15. The van der Waals surface area contributed by atoms with Crippen LogP contribution in [0.1, 0.15) is 32.9 Å². The summed E-state index contributed by atoms with van der Waals surface area (Å²) in [6.45, 7) is 6.70. The van der Waals surface area contributed by atoms with Crippen molar-refractivity contribution in [2.24, 2.45) is 0 Å². The highest BCUT2D eigenvalue weighted by atomic mass is 16.1. The van der Waals surface area contributed by atoms with Gasteiger partial charge in [-0.05, 0) is 38.0 Å². The molecule has 22 heavy (non-hydrogen) atoms. The number of imidazole rings is 1. The van der Waals surface area contributed by atoms with Gasteiger partial charge in [-0.2, -0.15) is 0 Å². The summed E-state index contributed by atoms with van der Waals surface area (Å²) in [4.78, 5) is 22.7. The van der Waals surface area contributed by atoms with E-state index in [9.17, 15) is 4.79 Å². The second-order valence-electron chi connectivity index (χ2n) is 5.71. The van der Waals surface area contributed by atoms with Crippen molar-refractivity contribution in [1.82, 2.24) is 20.3 Å². The number of carbonyl (C=O) groups excluding carboxylic acids is 1. The van der Waals surface area contributed by atoms with Gasteiger partial charge < -0.3 is 15.3 Å². The van der Waals surface area contributed by atoms with Crippen molar-refractivity contribution < 1.29 is 4.79 Å². The van der Waals surface area contributed by atoms with E-state index in [1.54, 1.807) is 12.5 Å². The standard InChI is InChI=1S/C17H20N4O/c1-10-6-11(2)15-14(7-10)12(3)16(21-15)17(22)19-5-4-13-8-18-9-20-13/h6-9,21H,4-5H2,1-3H3,(H,18,20)(H,19,22). The number of benzene rings is 1. The molecule has 1 aromatic carbocycles. The van der Waals surface area contributed by atoms with Gasteiger partial charge in [0.15, 0.2) is 0 Å². The molecule has 0 aliphatic carbocycles. The molecule has 0 aliphatic rings. The van der Waals surface area contributed by atoms with Gasteiger partial charge >= 0.3 is 0 Å². The number of nitrogens with zero attached hydrogens (tertiary/aromatic N) is 1. The van der Waals surface area contributed by atoms with Crippen molar-refractivity contribution in [1.29, 1.82) is 0 Å². The number of amides is 1. The zero-order valence-electron chi connectivity index (χ0n) is 13.1. The van der Waals surface area contributed by atoms with Crippen LogP contribution in [0.5, 0.6) is 0 Å². The molecule has 0 aliphatic heterocycles. The number of rotatable bonds is 4. The first kappa shape index (κ1) is 14.4. The Balaban J connectivity index is 1.79. The number of aromatic amines is 2. The molecule has 0 unspecified atom stereocenters. The van der Waals surface area contributed by atoms with E-state index in [0.717, 1.165) is 34.1 Å². The first-order valence-corrected chi connectivity index (χ1v) is 7.41. The van der Waals surface area contributed by atoms with E-state index in [-0.39, 0.29) is 5.91 Å². The van der Waals surface area contributed by atoms with Crippen LogP contribution < -0.4 is 5.32 Å². The number of nitrogens with one attached hydrogen (secondary N) is 3. The number of carbonyl (C=O) groups is 1. The Morgan fingerprint density at radius 1 is 1.27 bits per heavy atom. The summed E-state index contributed by atoms with van der Waals surface area (Å²) in [6, 6.07) is 4.24. The molecule has 0 spiro atoms. The van der Waals surface area contributed by atoms with E-state index >= 15 is 0 Å². The lowest BCUT2D eigenvalue weighted by atomic mass is 10.1. The van der Waals surface area contributed by atoms with Crippen molar-refractivity contribution in [3.63, 3.8) is 0 Å². The quantitative estimate of drug-likeness (QED) is 0.692. The van der Waals surface area contributed by atoms with E-state index in [1.807, 2.05) is 6.92 Å². The molecule has 0 bridgehead atoms. The van der Waals surface area contributed by atoms with Gasteiger partial charge in [-0.3, -0.25) is 4.79 Å². The smallest absolute Gasteiger partial charge is 0.268 e. The fourth-order valence-corrected chi connectivity index (χ4v) is 2.83. The van der Waals surface area contributed by atoms with Gasteiger partial charge in [0.05, 0.1) is 6.33 Å². The first-order chi connectivity index (χ1) is 10.6. The van der Waals surface area contributed by atoms with Crippen LogP contribution in [0.4, 0.5) is 0 Å². The second kappa shape index (κ2) is 5.67. The van der Waals surface area contributed by atoms with Gasteiger partial charge in [0.1, 0.15) is 5.69 Å². The maximum atomic E-state index is 12.4. The molecule has 0 fully saturated rings. The third-order valence-corrected chi connectivity index (χ3v) is 3.97. The Labute approximate surface area is 129 Å². The molecule has 114 valence electrons. The maximum Gasteiger partial charge on any atom is 0.268 e. The average Bonchev–Trinajstić information content (AvgIpc) is 3.08. The minimum Gasteiger partial charge on any atom is -0.350 e. The van der Waals surface area contributed by atoms with Crippen LogP contribution in [0.2, 0.25) is 0 Å². The van der Waals surface area contributed by atoms with E-state index in [1.165, 1.54) is 5.56 Å². The highest BCUT2D eigenvalue weighted by Crippen LogP contribution is 2.25. The Morgan fingerprint density at radius 2 is 2.09 bits per heavy atom. The zero-order chi connectivity index (χ0) is 15.7. The van der Waals surface area contributed by atoms with Crippen molar-refractivity contribution in [3.05, 3.63) is 52.7 Å². The summed E-state index contributed by atoms with van der Waals surface area (Å²) >= 11 is 0. The van der Waals surface area contributed by atoms with Gasteiger partial charge in [0, 0.05) is 35.8 Å². The molecule has 0 saturated heterocycles. The number of aryl methyl sites for hydroxylation is 3. The largest absolute Gasteiger partial charge is 0.350 e. The molecule has 3 rings (SSSR count). The molecule has 5 nitrogen and oxygen atoms in total. The number of aromatic nitrogens is 3. The van der Waals surface area contributed by atoms with Crippen LogP contribution in [0, 0.1) is 20.8 Å². The molecule has 3 aromatic rings. The molecule has 0 atom stereocenters. The number of hydrogen-bond acceptors (Lipinski definition) is 2. The molecule has 1 amide bonds. The SMILES string of the molecule is Cc1cc(C)c2[nH]c(C(=O)NCCc3cnc[nH]3)c(C)c2c1. The van der Waals surface area contributed by atoms with E-state index < -0.39 is 0 Å². The molecule has 2 aromatic heterocycles. The molecule has 0 radical (unpaired) electrons. The molecule has 5 heteroatoms. The van der Waals surface area contributed by atoms with Crippen LogP contribution in [-0.2, 0) is 6.42 Å². The van der Waals surface area contributed by atoms with Crippen LogP contribution in [0.3, 0.4) is 0 Å². The third-order valence-electron chi connectivity index (χ3n) is 3.97. The summed E-state index contributed by atoms with van der Waals surface area (Å²) in [5, 5.41) is 4.08. The van der Waals surface area contributed by atoms with Crippen molar-refractivity contribution in [3.8, 4) is 0 Å². The lowest BCUT2D eigenvalue weighted by Gasteiger charge is -2.03.